The monoisotopic (exact) mass is 379 g/mol. The maximum atomic E-state index is 11.9. The Morgan fingerprint density at radius 3 is 2.75 bits per heavy atom. The van der Waals surface area contributed by atoms with Gasteiger partial charge in [-0.2, -0.15) is 0 Å². The van der Waals surface area contributed by atoms with Crippen molar-refractivity contribution in [2.24, 2.45) is 5.73 Å². The Hall–Kier alpha value is -2.17. The van der Waals surface area contributed by atoms with E-state index in [1.807, 2.05) is 6.07 Å². The molecule has 5 N–H and O–H groups in total. The largest absolute Gasteiger partial charge is 0.399 e. The summed E-state index contributed by atoms with van der Waals surface area (Å²) in [6.07, 6.45) is 13.0. The molecule has 28 heavy (non-hydrogen) atoms. The maximum absolute atomic E-state index is 11.9. The van der Waals surface area contributed by atoms with Crippen LogP contribution in [0.25, 0.3) is 6.08 Å². The summed E-state index contributed by atoms with van der Waals surface area (Å²) in [5.74, 6) is 0.348. The molecule has 0 radical (unpaired) electrons. The minimum atomic E-state index is -0.0849. The van der Waals surface area contributed by atoms with Crippen LogP contribution in [0.3, 0.4) is 0 Å². The summed E-state index contributed by atoms with van der Waals surface area (Å²) in [7, 11) is 0. The molecule has 4 heteroatoms. The van der Waals surface area contributed by atoms with E-state index in [2.05, 4.69) is 55.6 Å². The third-order valence-electron chi connectivity index (χ3n) is 5.80. The number of hydrogen-bond donors (Lipinski definition) is 3. The van der Waals surface area contributed by atoms with Gasteiger partial charge in [0.2, 0.25) is 0 Å². The molecule has 1 unspecified atom stereocenters. The highest BCUT2D eigenvalue weighted by Crippen LogP contribution is 2.45. The van der Waals surface area contributed by atoms with Crippen LogP contribution in [0.2, 0.25) is 0 Å². The number of carbonyl (C=O) groups is 1. The number of unbranched alkanes of at least 4 members (excludes halogenated alkanes) is 1. The van der Waals surface area contributed by atoms with Crippen molar-refractivity contribution in [2.45, 2.75) is 57.4 Å². The van der Waals surface area contributed by atoms with Gasteiger partial charge in [0.1, 0.15) is 5.78 Å². The van der Waals surface area contributed by atoms with Gasteiger partial charge in [0, 0.05) is 30.0 Å². The van der Waals surface area contributed by atoms with Gasteiger partial charge in [-0.15, -0.1) is 0 Å². The smallest absolute Gasteiger partial charge is 0.132 e. The van der Waals surface area contributed by atoms with E-state index in [-0.39, 0.29) is 11.5 Å². The Bertz CT molecular complexity index is 817. The SMILES string of the molecule is CC1(C)C2=CC(NCCCC(=O)CCCCN)C=CC2=Cc2ccc(N)cc21. The van der Waals surface area contributed by atoms with Crippen molar-refractivity contribution in [3.05, 3.63) is 58.7 Å². The lowest BCUT2D eigenvalue weighted by Gasteiger charge is -2.37. The fourth-order valence-corrected chi connectivity index (χ4v) is 4.15. The number of ketones is 1. The van der Waals surface area contributed by atoms with Gasteiger partial charge in [0.15, 0.2) is 0 Å². The first kappa shape index (κ1) is 20.6. The second-order valence-electron chi connectivity index (χ2n) is 8.38. The predicted octanol–water partition coefficient (Wildman–Crippen LogP) is 3.88. The van der Waals surface area contributed by atoms with Crippen LogP contribution < -0.4 is 16.8 Å². The Labute approximate surface area is 168 Å². The van der Waals surface area contributed by atoms with Crippen LogP contribution in [0.15, 0.2) is 47.6 Å². The van der Waals surface area contributed by atoms with Crippen LogP contribution in [0.4, 0.5) is 5.69 Å². The van der Waals surface area contributed by atoms with Gasteiger partial charge in [-0.1, -0.05) is 38.1 Å². The van der Waals surface area contributed by atoms with E-state index in [1.165, 1.54) is 22.3 Å². The Morgan fingerprint density at radius 2 is 1.96 bits per heavy atom. The third-order valence-corrected chi connectivity index (χ3v) is 5.80. The first-order chi connectivity index (χ1) is 13.4. The molecule has 150 valence electrons. The molecule has 1 atom stereocenters. The highest BCUT2D eigenvalue weighted by Gasteiger charge is 2.34. The Kier molecular flexibility index (Phi) is 6.53. The third kappa shape index (κ3) is 4.62. The molecular formula is C24H33N3O. The fraction of sp³-hybridized carbons (Fsp3) is 0.458. The quantitative estimate of drug-likeness (QED) is 0.449. The molecule has 2 aliphatic rings. The molecule has 0 amide bonds. The fourth-order valence-electron chi connectivity index (χ4n) is 4.15. The van der Waals surface area contributed by atoms with Crippen LogP contribution in [-0.4, -0.2) is 24.9 Å². The summed E-state index contributed by atoms with van der Waals surface area (Å²) in [6, 6.07) is 6.37. The molecule has 0 fully saturated rings. The normalized spacial score (nSPS) is 19.5. The zero-order valence-corrected chi connectivity index (χ0v) is 17.1. The Balaban J connectivity index is 1.59. The maximum Gasteiger partial charge on any atom is 0.132 e. The number of carbonyl (C=O) groups excluding carboxylic acids is 1. The van der Waals surface area contributed by atoms with E-state index >= 15 is 0 Å². The van der Waals surface area contributed by atoms with Crippen molar-refractivity contribution in [1.29, 1.82) is 0 Å². The molecule has 3 rings (SSSR count). The van der Waals surface area contributed by atoms with Gasteiger partial charge in [0.25, 0.3) is 0 Å². The minimum absolute atomic E-state index is 0.0849. The van der Waals surface area contributed by atoms with Crippen molar-refractivity contribution in [2.75, 3.05) is 18.8 Å². The number of hydrogen-bond acceptors (Lipinski definition) is 4. The van der Waals surface area contributed by atoms with Crippen LogP contribution >= 0.6 is 0 Å². The van der Waals surface area contributed by atoms with Gasteiger partial charge in [-0.05, 0) is 72.8 Å². The summed E-state index contributed by atoms with van der Waals surface area (Å²) in [5, 5.41) is 3.56. The van der Waals surface area contributed by atoms with E-state index in [0.717, 1.165) is 31.5 Å². The summed E-state index contributed by atoms with van der Waals surface area (Å²) < 4.78 is 0. The number of allylic oxidation sites excluding steroid dienone is 3. The van der Waals surface area contributed by atoms with Crippen molar-refractivity contribution in [3.63, 3.8) is 0 Å². The zero-order chi connectivity index (χ0) is 20.1. The number of fused-ring (bicyclic) bond motifs is 2. The lowest BCUT2D eigenvalue weighted by atomic mass is 9.67. The van der Waals surface area contributed by atoms with E-state index in [1.54, 1.807) is 0 Å². The molecule has 4 nitrogen and oxygen atoms in total. The summed E-state index contributed by atoms with van der Waals surface area (Å²) >= 11 is 0. The molecule has 1 aromatic carbocycles. The molecule has 2 aliphatic carbocycles. The van der Waals surface area contributed by atoms with Crippen LogP contribution in [0.1, 0.15) is 57.1 Å². The lowest BCUT2D eigenvalue weighted by Crippen LogP contribution is -2.33. The number of nitrogen functional groups attached to an aromatic ring is 1. The van der Waals surface area contributed by atoms with E-state index in [0.29, 0.717) is 25.2 Å². The van der Waals surface area contributed by atoms with Crippen molar-refractivity contribution in [1.82, 2.24) is 5.32 Å². The Morgan fingerprint density at radius 1 is 1.18 bits per heavy atom. The summed E-state index contributed by atoms with van der Waals surface area (Å²) in [6.45, 7) is 6.03. The molecule has 0 spiro atoms. The van der Waals surface area contributed by atoms with Crippen molar-refractivity contribution >= 4 is 17.5 Å². The van der Waals surface area contributed by atoms with E-state index < -0.39 is 0 Å². The standard InChI is InChI=1S/C24H33N3O/c1-24(2)22-15-19(26)10-8-17(22)14-18-9-11-20(16-23(18)24)27-13-5-7-21(28)6-3-4-12-25/h8-11,14-16,20,27H,3-7,12-13,25-26H2,1-2H3. The lowest BCUT2D eigenvalue weighted by molar-refractivity contribution is -0.119. The molecule has 0 bridgehead atoms. The van der Waals surface area contributed by atoms with Gasteiger partial charge >= 0.3 is 0 Å². The number of anilines is 1. The molecule has 0 heterocycles. The van der Waals surface area contributed by atoms with Crippen molar-refractivity contribution < 1.29 is 4.79 Å². The van der Waals surface area contributed by atoms with Gasteiger partial charge in [-0.25, -0.2) is 0 Å². The van der Waals surface area contributed by atoms with Crippen molar-refractivity contribution in [3.8, 4) is 0 Å². The molecule has 1 aromatic rings. The van der Waals surface area contributed by atoms with E-state index in [9.17, 15) is 4.79 Å². The average Bonchev–Trinajstić information content (AvgIpc) is 2.67. The molecule has 0 aromatic heterocycles. The minimum Gasteiger partial charge on any atom is -0.399 e. The number of nitrogens with one attached hydrogen (secondary N) is 1. The van der Waals surface area contributed by atoms with Crippen LogP contribution in [0, 0.1) is 0 Å². The first-order valence-corrected chi connectivity index (χ1v) is 10.4. The first-order valence-electron chi connectivity index (χ1n) is 10.4. The average molecular weight is 380 g/mol. The van der Waals surface area contributed by atoms with Crippen LogP contribution in [0.5, 0.6) is 0 Å². The second-order valence-corrected chi connectivity index (χ2v) is 8.38. The van der Waals surface area contributed by atoms with Crippen LogP contribution in [-0.2, 0) is 10.2 Å². The highest BCUT2D eigenvalue weighted by molar-refractivity contribution is 5.78. The predicted molar refractivity (Wildman–Crippen MR) is 118 cm³/mol. The van der Waals surface area contributed by atoms with Gasteiger partial charge in [-0.3, -0.25) is 4.79 Å². The molecule has 0 saturated heterocycles. The summed E-state index contributed by atoms with van der Waals surface area (Å²) in [4.78, 5) is 11.9. The number of benzene rings is 1. The molecule has 0 saturated carbocycles. The summed E-state index contributed by atoms with van der Waals surface area (Å²) in [5.41, 5.74) is 17.4. The number of Topliss-reactive ketones (excluding diaryl/α,β-unsaturated/α-hetero) is 1. The van der Waals surface area contributed by atoms with Gasteiger partial charge < -0.3 is 16.8 Å². The molecular weight excluding hydrogens is 346 g/mol. The zero-order valence-electron chi connectivity index (χ0n) is 17.1. The number of nitrogens with two attached hydrogens (primary N) is 2. The topological polar surface area (TPSA) is 81.1 Å². The molecule has 0 aliphatic heterocycles. The van der Waals surface area contributed by atoms with Gasteiger partial charge in [0.05, 0.1) is 0 Å². The second kappa shape index (κ2) is 8.89. The number of rotatable bonds is 9. The highest BCUT2D eigenvalue weighted by atomic mass is 16.1. The van der Waals surface area contributed by atoms with E-state index in [4.69, 9.17) is 11.5 Å².